The van der Waals surface area contributed by atoms with Gasteiger partial charge in [0.2, 0.25) is 0 Å². The first-order chi connectivity index (χ1) is 12.8. The lowest BCUT2D eigenvalue weighted by Gasteiger charge is -2.21. The fraction of sp³-hybridized carbons (Fsp3) is 0.444. The third-order valence-electron chi connectivity index (χ3n) is 4.27. The van der Waals surface area contributed by atoms with E-state index >= 15 is 0 Å². The van der Waals surface area contributed by atoms with Gasteiger partial charge in [0.1, 0.15) is 11.6 Å². The Morgan fingerprint density at radius 1 is 1.22 bits per heavy atom. The molecule has 1 atom stereocenters. The third kappa shape index (κ3) is 4.73. The number of benzene rings is 1. The van der Waals surface area contributed by atoms with Gasteiger partial charge in [0.15, 0.2) is 0 Å². The lowest BCUT2D eigenvalue weighted by atomic mass is 10.1. The molecule has 0 amide bonds. The number of aliphatic hydroxyl groups is 1. The number of nitrogens with zero attached hydrogens (tertiary/aromatic N) is 2. The molecule has 0 aliphatic heterocycles. The summed E-state index contributed by atoms with van der Waals surface area (Å²) in [5.41, 5.74) is 0.254. The van der Waals surface area contributed by atoms with Crippen molar-refractivity contribution in [3.8, 4) is 5.75 Å². The summed E-state index contributed by atoms with van der Waals surface area (Å²) in [6.07, 6.45) is 0.310. The Morgan fingerprint density at radius 2 is 1.85 bits per heavy atom. The van der Waals surface area contributed by atoms with E-state index in [0.29, 0.717) is 17.8 Å². The van der Waals surface area contributed by atoms with E-state index in [-0.39, 0.29) is 24.9 Å². The van der Waals surface area contributed by atoms with E-state index in [1.807, 2.05) is 6.92 Å². The van der Waals surface area contributed by atoms with Crippen LogP contribution in [0.1, 0.15) is 30.5 Å². The Balaban J connectivity index is 2.28. The monoisotopic (exact) mass is 383 g/mol. The number of rotatable bonds is 8. The van der Waals surface area contributed by atoms with Gasteiger partial charge in [-0.15, -0.1) is 0 Å². The predicted octanol–water partition coefficient (Wildman–Crippen LogP) is 2.01. The van der Waals surface area contributed by atoms with Gasteiger partial charge in [-0.2, -0.15) is 8.78 Å². The van der Waals surface area contributed by atoms with E-state index in [1.165, 1.54) is 16.7 Å². The minimum absolute atomic E-state index is 0.0519. The van der Waals surface area contributed by atoms with Crippen molar-refractivity contribution >= 4 is 5.82 Å². The highest BCUT2D eigenvalue weighted by Gasteiger charge is 2.16. The van der Waals surface area contributed by atoms with Crippen molar-refractivity contribution in [2.24, 2.45) is 7.05 Å². The van der Waals surface area contributed by atoms with Crippen LogP contribution in [0.2, 0.25) is 0 Å². The highest BCUT2D eigenvalue weighted by Crippen LogP contribution is 2.22. The minimum atomic E-state index is -2.89. The first-order valence-electron chi connectivity index (χ1n) is 8.48. The Hall–Kier alpha value is -2.68. The van der Waals surface area contributed by atoms with Crippen molar-refractivity contribution in [3.63, 3.8) is 0 Å². The number of alkyl halides is 2. The second kappa shape index (κ2) is 8.81. The zero-order chi connectivity index (χ0) is 20.1. The largest absolute Gasteiger partial charge is 0.435 e. The summed E-state index contributed by atoms with van der Waals surface area (Å²) in [6, 6.07) is 5.83. The highest BCUT2D eigenvalue weighted by atomic mass is 19.3. The molecular weight excluding hydrogens is 360 g/mol. The molecule has 0 aliphatic carbocycles. The van der Waals surface area contributed by atoms with Crippen molar-refractivity contribution < 1.29 is 18.6 Å². The summed E-state index contributed by atoms with van der Waals surface area (Å²) < 4.78 is 31.2. The van der Waals surface area contributed by atoms with Crippen LogP contribution in [0.3, 0.4) is 0 Å². The minimum Gasteiger partial charge on any atom is -0.435 e. The van der Waals surface area contributed by atoms with Gasteiger partial charge < -0.3 is 15.2 Å². The van der Waals surface area contributed by atoms with E-state index in [0.717, 1.165) is 10.1 Å². The molecule has 2 N–H and O–H groups in total. The number of aliphatic hydroxyl groups excluding tert-OH is 1. The normalized spacial score (nSPS) is 12.3. The Morgan fingerprint density at radius 3 is 2.41 bits per heavy atom. The number of halogens is 2. The highest BCUT2D eigenvalue weighted by molar-refractivity contribution is 5.45. The SMILES string of the molecule is Cc1c(NC(C)c2ccc(OC(F)F)cc2)n(C)c(=O)n(CCCO)c1=O. The predicted molar refractivity (Wildman–Crippen MR) is 97.5 cm³/mol. The van der Waals surface area contributed by atoms with Gasteiger partial charge in [-0.1, -0.05) is 12.1 Å². The summed E-state index contributed by atoms with van der Waals surface area (Å²) in [5, 5.41) is 12.1. The Bertz CT molecular complexity index is 854. The zero-order valence-corrected chi connectivity index (χ0v) is 15.4. The molecule has 0 aliphatic rings. The maximum atomic E-state index is 12.5. The van der Waals surface area contributed by atoms with Crippen LogP contribution in [-0.4, -0.2) is 27.5 Å². The van der Waals surface area contributed by atoms with Gasteiger partial charge in [0.05, 0.1) is 5.56 Å². The molecule has 7 nitrogen and oxygen atoms in total. The summed E-state index contributed by atoms with van der Waals surface area (Å²) in [6.45, 7) is 0.581. The number of ether oxygens (including phenoxy) is 1. The van der Waals surface area contributed by atoms with Crippen molar-refractivity contribution in [2.75, 3.05) is 11.9 Å². The molecule has 0 radical (unpaired) electrons. The summed E-state index contributed by atoms with van der Waals surface area (Å²) in [7, 11) is 1.55. The Kier molecular flexibility index (Phi) is 6.73. The average Bonchev–Trinajstić information content (AvgIpc) is 2.63. The molecule has 27 heavy (non-hydrogen) atoms. The quantitative estimate of drug-likeness (QED) is 0.728. The van der Waals surface area contributed by atoms with Gasteiger partial charge >= 0.3 is 12.3 Å². The van der Waals surface area contributed by atoms with Crippen molar-refractivity contribution in [3.05, 3.63) is 56.2 Å². The van der Waals surface area contributed by atoms with Gasteiger partial charge in [0.25, 0.3) is 5.56 Å². The lowest BCUT2D eigenvalue weighted by Crippen LogP contribution is -2.41. The van der Waals surface area contributed by atoms with E-state index in [1.54, 1.807) is 26.1 Å². The first-order valence-corrected chi connectivity index (χ1v) is 8.48. The lowest BCUT2D eigenvalue weighted by molar-refractivity contribution is -0.0498. The molecule has 2 aromatic rings. The van der Waals surface area contributed by atoms with Crippen LogP contribution in [0.5, 0.6) is 5.75 Å². The zero-order valence-electron chi connectivity index (χ0n) is 15.4. The molecule has 0 spiro atoms. The fourth-order valence-corrected chi connectivity index (χ4v) is 2.78. The van der Waals surface area contributed by atoms with Crippen molar-refractivity contribution in [1.29, 1.82) is 0 Å². The van der Waals surface area contributed by atoms with Gasteiger partial charge in [-0.05, 0) is 38.0 Å². The summed E-state index contributed by atoms with van der Waals surface area (Å²) >= 11 is 0. The molecule has 148 valence electrons. The molecule has 1 heterocycles. The first kappa shape index (κ1) is 20.6. The van der Waals surface area contributed by atoms with E-state index < -0.39 is 17.9 Å². The molecule has 0 fully saturated rings. The van der Waals surface area contributed by atoms with Crippen LogP contribution in [0.4, 0.5) is 14.6 Å². The number of aromatic nitrogens is 2. The second-order valence-electron chi connectivity index (χ2n) is 6.16. The van der Waals surface area contributed by atoms with Crippen LogP contribution in [-0.2, 0) is 13.6 Å². The molecule has 0 bridgehead atoms. The Labute approximate surface area is 154 Å². The third-order valence-corrected chi connectivity index (χ3v) is 4.27. The van der Waals surface area contributed by atoms with Gasteiger partial charge in [-0.25, -0.2) is 4.79 Å². The number of hydrogen-bond donors (Lipinski definition) is 2. The van der Waals surface area contributed by atoms with E-state index in [4.69, 9.17) is 5.11 Å². The molecule has 1 unspecified atom stereocenters. The number of anilines is 1. The average molecular weight is 383 g/mol. The van der Waals surface area contributed by atoms with Crippen LogP contribution in [0.25, 0.3) is 0 Å². The topological polar surface area (TPSA) is 85.5 Å². The molecule has 2 rings (SSSR count). The molecule has 9 heteroatoms. The maximum Gasteiger partial charge on any atom is 0.387 e. The molecular formula is C18H23F2N3O4. The van der Waals surface area contributed by atoms with E-state index in [2.05, 4.69) is 10.1 Å². The van der Waals surface area contributed by atoms with Crippen molar-refractivity contribution in [1.82, 2.24) is 9.13 Å². The molecule has 1 aromatic carbocycles. The second-order valence-corrected chi connectivity index (χ2v) is 6.16. The standard InChI is InChI=1S/C18H23F2N3O4/c1-11-15(22(3)18(26)23(16(11)25)9-4-10-24)21-12(2)13-5-7-14(8-6-13)27-17(19)20/h5-8,12,17,21,24H,4,9-10H2,1-3H3. The maximum absolute atomic E-state index is 12.5. The fourth-order valence-electron chi connectivity index (χ4n) is 2.78. The molecule has 0 saturated carbocycles. The van der Waals surface area contributed by atoms with Gasteiger partial charge in [0, 0.05) is 26.2 Å². The molecule has 0 saturated heterocycles. The van der Waals surface area contributed by atoms with E-state index in [9.17, 15) is 18.4 Å². The number of nitrogens with one attached hydrogen (secondary N) is 1. The van der Waals surface area contributed by atoms with Crippen LogP contribution >= 0.6 is 0 Å². The van der Waals surface area contributed by atoms with Crippen LogP contribution in [0.15, 0.2) is 33.9 Å². The van der Waals surface area contributed by atoms with Crippen LogP contribution in [0, 0.1) is 6.92 Å². The van der Waals surface area contributed by atoms with Crippen molar-refractivity contribution in [2.45, 2.75) is 39.5 Å². The molecule has 1 aromatic heterocycles. The van der Waals surface area contributed by atoms with Crippen LogP contribution < -0.4 is 21.3 Å². The van der Waals surface area contributed by atoms with Gasteiger partial charge in [-0.3, -0.25) is 13.9 Å². The summed E-state index contributed by atoms with van der Waals surface area (Å²) in [4.78, 5) is 24.9. The number of hydrogen-bond acceptors (Lipinski definition) is 5. The summed E-state index contributed by atoms with van der Waals surface area (Å²) in [5.74, 6) is 0.432. The smallest absolute Gasteiger partial charge is 0.387 e.